The Kier molecular flexibility index (Phi) is 9.66. The molecule has 8 heteroatoms. The van der Waals surface area contributed by atoms with Gasteiger partial charge in [-0.1, -0.05) is 34.6 Å². The molecule has 1 aliphatic rings. The number of carbonyl (C=O) groups is 2. The summed E-state index contributed by atoms with van der Waals surface area (Å²) < 4.78 is 5.66. The van der Waals surface area contributed by atoms with Crippen molar-refractivity contribution in [3.63, 3.8) is 0 Å². The van der Waals surface area contributed by atoms with Crippen molar-refractivity contribution in [2.24, 2.45) is 35.5 Å². The summed E-state index contributed by atoms with van der Waals surface area (Å²) in [4.78, 5) is 25.9. The summed E-state index contributed by atoms with van der Waals surface area (Å²) in [5.74, 6) is -5.79. The van der Waals surface area contributed by atoms with E-state index in [1.165, 1.54) is 20.8 Å². The van der Waals surface area contributed by atoms with Gasteiger partial charge < -0.3 is 30.3 Å². The maximum Gasteiger partial charge on any atom is 0.311 e. The first-order valence-corrected chi connectivity index (χ1v) is 11.2. The Morgan fingerprint density at radius 1 is 0.903 bits per heavy atom. The number of cyclic esters (lactones) is 1. The molecule has 0 radical (unpaired) electrons. The van der Waals surface area contributed by atoms with Crippen molar-refractivity contribution in [2.75, 3.05) is 0 Å². The van der Waals surface area contributed by atoms with Crippen LogP contribution in [0.25, 0.3) is 0 Å². The largest absolute Gasteiger partial charge is 0.461 e. The van der Waals surface area contributed by atoms with E-state index in [1.54, 1.807) is 34.6 Å². The minimum absolute atomic E-state index is 0.0676. The summed E-state index contributed by atoms with van der Waals surface area (Å²) in [6.07, 6.45) is -5.42. The van der Waals surface area contributed by atoms with Crippen LogP contribution in [0.2, 0.25) is 0 Å². The summed E-state index contributed by atoms with van der Waals surface area (Å²) in [7, 11) is 0. The van der Waals surface area contributed by atoms with E-state index in [0.717, 1.165) is 0 Å². The molecule has 0 amide bonds. The molecule has 1 aliphatic heterocycles. The van der Waals surface area contributed by atoms with Crippen LogP contribution in [-0.2, 0) is 14.3 Å². The molecular formula is C23H42O8. The fraction of sp³-hybridized carbons (Fsp3) is 0.913. The van der Waals surface area contributed by atoms with Gasteiger partial charge in [-0.25, -0.2) is 0 Å². The molecule has 0 spiro atoms. The molecule has 0 aliphatic carbocycles. The number of Topliss-reactive ketones (excluding diaryl/α,β-unsaturated/α-hetero) is 1. The lowest BCUT2D eigenvalue weighted by atomic mass is 9.74. The molecule has 0 aromatic heterocycles. The maximum atomic E-state index is 13.0. The molecule has 1 fully saturated rings. The third-order valence-corrected chi connectivity index (χ3v) is 7.31. The number of ketones is 1. The van der Waals surface area contributed by atoms with Crippen LogP contribution < -0.4 is 0 Å². The lowest BCUT2D eigenvalue weighted by Gasteiger charge is -2.39. The molecule has 0 unspecified atom stereocenters. The molecule has 1 rings (SSSR count). The number of ether oxygens (including phenoxy) is 1. The van der Waals surface area contributed by atoms with Crippen molar-refractivity contribution >= 4 is 11.8 Å². The minimum Gasteiger partial charge on any atom is -0.461 e. The number of carbonyl (C=O) groups excluding carboxylic acids is 2. The molecule has 0 aromatic carbocycles. The van der Waals surface area contributed by atoms with Crippen LogP contribution in [0.4, 0.5) is 0 Å². The number of aliphatic hydroxyl groups is 5. The van der Waals surface area contributed by atoms with Gasteiger partial charge in [0.2, 0.25) is 0 Å². The van der Waals surface area contributed by atoms with Gasteiger partial charge in [-0.3, -0.25) is 9.59 Å². The molecule has 5 N–H and O–H groups in total. The second-order valence-corrected chi connectivity index (χ2v) is 10.1. The maximum absolute atomic E-state index is 13.0. The third kappa shape index (κ3) is 6.26. The van der Waals surface area contributed by atoms with Crippen LogP contribution in [0, 0.1) is 35.5 Å². The average molecular weight is 447 g/mol. The van der Waals surface area contributed by atoms with Gasteiger partial charge in [0.05, 0.1) is 30.3 Å². The topological polar surface area (TPSA) is 145 Å². The molecule has 182 valence electrons. The Labute approximate surface area is 185 Å². The highest BCUT2D eigenvalue weighted by molar-refractivity contribution is 5.89. The quantitative estimate of drug-likeness (QED) is 0.394. The Morgan fingerprint density at radius 2 is 1.39 bits per heavy atom. The van der Waals surface area contributed by atoms with Crippen molar-refractivity contribution in [3.05, 3.63) is 0 Å². The van der Waals surface area contributed by atoms with Crippen molar-refractivity contribution in [3.8, 4) is 0 Å². The lowest BCUT2D eigenvalue weighted by Crippen LogP contribution is -2.51. The van der Waals surface area contributed by atoms with E-state index >= 15 is 0 Å². The number of esters is 1. The zero-order chi connectivity index (χ0) is 24.4. The normalized spacial score (nSPS) is 46.0. The molecule has 0 aromatic rings. The Hall–Kier alpha value is -1.06. The SMILES string of the molecule is C[C@@H]1[C@@H](O)[C@@H](C)C[C@](C)(O)C(=O)[C@H](C)[C@@H](O)[C@@H](C)[C@@H]([C@@H](C)[C@H](C)O)OC(=O)[C@H](C)[C@H]1O. The van der Waals surface area contributed by atoms with Crippen LogP contribution in [-0.4, -0.2) is 73.4 Å². The predicted molar refractivity (Wildman–Crippen MR) is 115 cm³/mol. The summed E-state index contributed by atoms with van der Waals surface area (Å²) in [5.41, 5.74) is -1.80. The van der Waals surface area contributed by atoms with Gasteiger partial charge in [-0.15, -0.1) is 0 Å². The van der Waals surface area contributed by atoms with Crippen LogP contribution in [0.1, 0.15) is 61.8 Å². The van der Waals surface area contributed by atoms with Gasteiger partial charge >= 0.3 is 5.97 Å². The Balaban J connectivity index is 3.46. The number of hydrogen-bond acceptors (Lipinski definition) is 8. The fourth-order valence-electron chi connectivity index (χ4n) is 4.67. The van der Waals surface area contributed by atoms with Crippen LogP contribution in [0.5, 0.6) is 0 Å². The van der Waals surface area contributed by atoms with Crippen LogP contribution >= 0.6 is 0 Å². The van der Waals surface area contributed by atoms with Crippen molar-refractivity contribution in [1.29, 1.82) is 0 Å². The first-order valence-electron chi connectivity index (χ1n) is 11.2. The van der Waals surface area contributed by atoms with Crippen molar-refractivity contribution in [2.45, 2.75) is 97.9 Å². The van der Waals surface area contributed by atoms with Gasteiger partial charge in [-0.05, 0) is 33.1 Å². The molecule has 0 saturated carbocycles. The highest BCUT2D eigenvalue weighted by atomic mass is 16.5. The highest BCUT2D eigenvalue weighted by Crippen LogP contribution is 2.34. The third-order valence-electron chi connectivity index (χ3n) is 7.31. The number of hydrogen-bond donors (Lipinski definition) is 5. The van der Waals surface area contributed by atoms with Crippen LogP contribution in [0.3, 0.4) is 0 Å². The highest BCUT2D eigenvalue weighted by Gasteiger charge is 2.45. The van der Waals surface area contributed by atoms with Crippen LogP contribution in [0.15, 0.2) is 0 Å². The van der Waals surface area contributed by atoms with Gasteiger partial charge in [0, 0.05) is 23.7 Å². The van der Waals surface area contributed by atoms with Gasteiger partial charge in [-0.2, -0.15) is 0 Å². The lowest BCUT2D eigenvalue weighted by molar-refractivity contribution is -0.174. The first kappa shape index (κ1) is 28.0. The predicted octanol–water partition coefficient (Wildman–Crippen LogP) is 0.902. The van der Waals surface area contributed by atoms with E-state index in [9.17, 15) is 35.1 Å². The molecule has 12 atom stereocenters. The Morgan fingerprint density at radius 3 is 1.87 bits per heavy atom. The first-order chi connectivity index (χ1) is 14.0. The molecule has 8 nitrogen and oxygen atoms in total. The molecule has 1 heterocycles. The molecule has 0 bridgehead atoms. The zero-order valence-electron chi connectivity index (χ0n) is 20.0. The van der Waals surface area contributed by atoms with E-state index in [-0.39, 0.29) is 6.42 Å². The molecular weight excluding hydrogens is 404 g/mol. The fourth-order valence-corrected chi connectivity index (χ4v) is 4.67. The van der Waals surface area contributed by atoms with E-state index in [4.69, 9.17) is 4.74 Å². The summed E-state index contributed by atoms with van der Waals surface area (Å²) in [6, 6.07) is 0. The average Bonchev–Trinajstić information content (AvgIpc) is 2.71. The molecule has 31 heavy (non-hydrogen) atoms. The van der Waals surface area contributed by atoms with E-state index in [2.05, 4.69) is 0 Å². The molecule has 1 saturated heterocycles. The van der Waals surface area contributed by atoms with Gasteiger partial charge in [0.15, 0.2) is 5.78 Å². The zero-order valence-corrected chi connectivity index (χ0v) is 20.0. The summed E-state index contributed by atoms with van der Waals surface area (Å²) >= 11 is 0. The Bertz CT molecular complexity index is 619. The van der Waals surface area contributed by atoms with Gasteiger partial charge in [0.1, 0.15) is 11.7 Å². The number of rotatable bonds is 2. The second kappa shape index (κ2) is 10.7. The summed E-state index contributed by atoms with van der Waals surface area (Å²) in [5, 5.41) is 53.3. The monoisotopic (exact) mass is 446 g/mol. The summed E-state index contributed by atoms with van der Waals surface area (Å²) in [6.45, 7) is 12.5. The van der Waals surface area contributed by atoms with E-state index < -0.39 is 83.4 Å². The number of aliphatic hydroxyl groups excluding tert-OH is 4. The smallest absolute Gasteiger partial charge is 0.311 e. The standard InChI is InChI=1S/C23H42O8/c1-10-9-23(8,30)21(28)14(5)19(27)13(4)20(11(2)16(7)24)31-22(29)15(6)18(26)12(3)17(10)25/h10-20,24-27,30H,9H2,1-8H3/t10-,11-,12+,13+,14+,15+,16-,17-,18-,19-,20+,23-/m0/s1. The van der Waals surface area contributed by atoms with E-state index in [1.807, 2.05) is 0 Å². The van der Waals surface area contributed by atoms with E-state index in [0.29, 0.717) is 0 Å². The van der Waals surface area contributed by atoms with Gasteiger partial charge in [0.25, 0.3) is 0 Å². The van der Waals surface area contributed by atoms with Crippen molar-refractivity contribution < 1.29 is 39.9 Å². The second-order valence-electron chi connectivity index (χ2n) is 10.1. The minimum atomic E-state index is -1.80. The van der Waals surface area contributed by atoms with Crippen molar-refractivity contribution in [1.82, 2.24) is 0 Å².